The summed E-state index contributed by atoms with van der Waals surface area (Å²) in [6.07, 6.45) is 0.845. The standard InChI is InChI=1S/C14H19F3N2S2/c1-21-8-4-2-3-7-19-12-6-5-10(14(15,16)17)9-11(12)13(18)20/h5-6,9,19H,2-4,7-8H2,1H3,(H2,18,20). The summed E-state index contributed by atoms with van der Waals surface area (Å²) in [5, 5.41) is 3.11. The fourth-order valence-electron chi connectivity index (χ4n) is 1.85. The molecule has 0 atom stereocenters. The predicted octanol–water partition coefficient (Wildman–Crippen LogP) is 4.28. The second-order valence-electron chi connectivity index (χ2n) is 4.60. The topological polar surface area (TPSA) is 38.0 Å². The van der Waals surface area contributed by atoms with E-state index in [0.29, 0.717) is 12.2 Å². The molecule has 0 saturated carbocycles. The first-order valence-electron chi connectivity index (χ1n) is 6.60. The van der Waals surface area contributed by atoms with Gasteiger partial charge in [-0.2, -0.15) is 24.9 Å². The molecule has 0 heterocycles. The first kappa shape index (κ1) is 18.1. The largest absolute Gasteiger partial charge is 0.416 e. The van der Waals surface area contributed by atoms with Crippen molar-refractivity contribution >= 4 is 34.7 Å². The Bertz CT molecular complexity index is 476. The van der Waals surface area contributed by atoms with Crippen molar-refractivity contribution in [1.82, 2.24) is 0 Å². The second kappa shape index (κ2) is 8.48. The van der Waals surface area contributed by atoms with Gasteiger partial charge in [0.2, 0.25) is 0 Å². The third-order valence-electron chi connectivity index (χ3n) is 2.95. The van der Waals surface area contributed by atoms with Crippen molar-refractivity contribution in [2.75, 3.05) is 23.9 Å². The SMILES string of the molecule is CSCCCCCNc1ccc(C(F)(F)F)cc1C(N)=S. The van der Waals surface area contributed by atoms with Gasteiger partial charge in [0.05, 0.1) is 5.56 Å². The third kappa shape index (κ3) is 6.13. The summed E-state index contributed by atoms with van der Waals surface area (Å²) in [4.78, 5) is -0.0361. The van der Waals surface area contributed by atoms with Crippen molar-refractivity contribution in [2.24, 2.45) is 5.73 Å². The number of nitrogens with one attached hydrogen (secondary N) is 1. The smallest absolute Gasteiger partial charge is 0.389 e. The molecule has 118 valence electrons. The van der Waals surface area contributed by atoms with Crippen molar-refractivity contribution in [1.29, 1.82) is 0 Å². The van der Waals surface area contributed by atoms with E-state index in [4.69, 9.17) is 18.0 Å². The Labute approximate surface area is 132 Å². The molecule has 3 N–H and O–H groups in total. The van der Waals surface area contributed by atoms with Crippen molar-refractivity contribution in [3.05, 3.63) is 29.3 Å². The summed E-state index contributed by atoms with van der Waals surface area (Å²) >= 11 is 6.64. The molecule has 0 aliphatic carbocycles. The molecule has 1 rings (SSSR count). The summed E-state index contributed by atoms with van der Waals surface area (Å²) in [5.74, 6) is 1.12. The average Bonchev–Trinajstić information content (AvgIpc) is 2.41. The molecule has 1 aromatic carbocycles. The first-order chi connectivity index (χ1) is 9.86. The molecule has 21 heavy (non-hydrogen) atoms. The molecule has 2 nitrogen and oxygen atoms in total. The van der Waals surface area contributed by atoms with E-state index in [0.717, 1.165) is 37.1 Å². The first-order valence-corrected chi connectivity index (χ1v) is 8.40. The molecule has 0 radical (unpaired) electrons. The lowest BCUT2D eigenvalue weighted by molar-refractivity contribution is -0.137. The van der Waals surface area contributed by atoms with Gasteiger partial charge in [-0.05, 0) is 43.0 Å². The molecule has 0 fully saturated rings. The number of halogens is 3. The molecule has 0 unspecified atom stereocenters. The maximum atomic E-state index is 12.7. The molecule has 0 aromatic heterocycles. The van der Waals surface area contributed by atoms with E-state index in [-0.39, 0.29) is 10.6 Å². The zero-order chi connectivity index (χ0) is 15.9. The van der Waals surface area contributed by atoms with Crippen LogP contribution in [0.25, 0.3) is 0 Å². The molecule has 0 bridgehead atoms. The summed E-state index contributed by atoms with van der Waals surface area (Å²) in [5.41, 5.74) is 5.57. The van der Waals surface area contributed by atoms with Crippen LogP contribution in [0.4, 0.5) is 18.9 Å². The van der Waals surface area contributed by atoms with Crippen LogP contribution in [0.3, 0.4) is 0 Å². The van der Waals surface area contributed by atoms with Gasteiger partial charge in [-0.15, -0.1) is 0 Å². The minimum absolute atomic E-state index is 0.0361. The number of thioether (sulfide) groups is 1. The Morgan fingerprint density at radius 3 is 2.57 bits per heavy atom. The Kier molecular flexibility index (Phi) is 7.31. The van der Waals surface area contributed by atoms with Gasteiger partial charge in [0, 0.05) is 17.8 Å². The number of thiocarbonyl (C=S) groups is 1. The van der Waals surface area contributed by atoms with Crippen LogP contribution >= 0.6 is 24.0 Å². The van der Waals surface area contributed by atoms with Crippen LogP contribution in [0.2, 0.25) is 0 Å². The Morgan fingerprint density at radius 1 is 1.29 bits per heavy atom. The fraction of sp³-hybridized carbons (Fsp3) is 0.500. The number of hydrogen-bond donors (Lipinski definition) is 2. The van der Waals surface area contributed by atoms with Crippen molar-refractivity contribution in [2.45, 2.75) is 25.4 Å². The highest BCUT2D eigenvalue weighted by atomic mass is 32.2. The number of unbranched alkanes of at least 4 members (excludes halogenated alkanes) is 2. The van der Waals surface area contributed by atoms with Crippen LogP contribution in [-0.2, 0) is 6.18 Å². The lowest BCUT2D eigenvalue weighted by Crippen LogP contribution is -2.16. The van der Waals surface area contributed by atoms with E-state index in [1.807, 2.05) is 0 Å². The summed E-state index contributed by atoms with van der Waals surface area (Å²) in [6.45, 7) is 0.690. The van der Waals surface area contributed by atoms with Gasteiger partial charge < -0.3 is 11.1 Å². The quantitative estimate of drug-likeness (QED) is 0.549. The normalized spacial score (nSPS) is 11.4. The number of nitrogens with two attached hydrogens (primary N) is 1. The van der Waals surface area contributed by atoms with Gasteiger partial charge in [0.25, 0.3) is 0 Å². The molecular weight excluding hydrogens is 317 g/mol. The van der Waals surface area contributed by atoms with Crippen LogP contribution < -0.4 is 11.1 Å². The third-order valence-corrected chi connectivity index (χ3v) is 3.87. The van der Waals surface area contributed by atoms with Crippen molar-refractivity contribution in [3.8, 4) is 0 Å². The molecule has 1 aromatic rings. The van der Waals surface area contributed by atoms with Gasteiger partial charge >= 0.3 is 6.18 Å². The van der Waals surface area contributed by atoms with Gasteiger partial charge in [-0.3, -0.25) is 0 Å². The highest BCUT2D eigenvalue weighted by Gasteiger charge is 2.31. The van der Waals surface area contributed by atoms with E-state index in [1.165, 1.54) is 6.07 Å². The Balaban J connectivity index is 2.67. The van der Waals surface area contributed by atoms with E-state index in [2.05, 4.69) is 11.6 Å². The van der Waals surface area contributed by atoms with Crippen molar-refractivity contribution in [3.63, 3.8) is 0 Å². The molecule has 7 heteroatoms. The van der Waals surface area contributed by atoms with E-state index in [1.54, 1.807) is 11.8 Å². The van der Waals surface area contributed by atoms with Gasteiger partial charge in [0.15, 0.2) is 0 Å². The van der Waals surface area contributed by atoms with Gasteiger partial charge in [-0.1, -0.05) is 18.6 Å². The lowest BCUT2D eigenvalue weighted by atomic mass is 10.1. The Hall–Kier alpha value is -0.950. The summed E-state index contributed by atoms with van der Waals surface area (Å²) in [7, 11) is 0. The zero-order valence-electron chi connectivity index (χ0n) is 11.8. The second-order valence-corrected chi connectivity index (χ2v) is 6.03. The minimum atomic E-state index is -4.39. The molecule has 0 aliphatic heterocycles. The van der Waals surface area contributed by atoms with Crippen LogP contribution in [-0.4, -0.2) is 23.5 Å². The van der Waals surface area contributed by atoms with Crippen LogP contribution in [0, 0.1) is 0 Å². The van der Waals surface area contributed by atoms with E-state index >= 15 is 0 Å². The van der Waals surface area contributed by atoms with E-state index < -0.39 is 11.7 Å². The summed E-state index contributed by atoms with van der Waals surface area (Å²) < 4.78 is 38.0. The maximum absolute atomic E-state index is 12.7. The molecule has 0 aliphatic rings. The monoisotopic (exact) mass is 336 g/mol. The highest BCUT2D eigenvalue weighted by molar-refractivity contribution is 7.98. The molecular formula is C14H19F3N2S2. The number of hydrogen-bond acceptors (Lipinski definition) is 3. The predicted molar refractivity (Wildman–Crippen MR) is 88.1 cm³/mol. The van der Waals surface area contributed by atoms with Crippen molar-refractivity contribution < 1.29 is 13.2 Å². The fourth-order valence-corrected chi connectivity index (χ4v) is 2.51. The summed E-state index contributed by atoms with van der Waals surface area (Å²) in [6, 6.07) is 3.43. The lowest BCUT2D eigenvalue weighted by Gasteiger charge is -2.14. The molecule has 0 amide bonds. The van der Waals surface area contributed by atoms with Crippen LogP contribution in [0.5, 0.6) is 0 Å². The van der Waals surface area contributed by atoms with Gasteiger partial charge in [0.1, 0.15) is 4.99 Å². The molecule has 0 saturated heterocycles. The number of benzene rings is 1. The number of rotatable bonds is 8. The average molecular weight is 336 g/mol. The van der Waals surface area contributed by atoms with E-state index in [9.17, 15) is 13.2 Å². The number of anilines is 1. The van der Waals surface area contributed by atoms with Crippen LogP contribution in [0.1, 0.15) is 30.4 Å². The zero-order valence-corrected chi connectivity index (χ0v) is 13.4. The Morgan fingerprint density at radius 2 is 2.00 bits per heavy atom. The highest BCUT2D eigenvalue weighted by Crippen LogP contribution is 2.31. The number of alkyl halides is 3. The van der Waals surface area contributed by atoms with Crippen LogP contribution in [0.15, 0.2) is 18.2 Å². The van der Waals surface area contributed by atoms with Gasteiger partial charge in [-0.25, -0.2) is 0 Å². The maximum Gasteiger partial charge on any atom is 0.416 e. The minimum Gasteiger partial charge on any atom is -0.389 e. The molecule has 0 spiro atoms.